The molecule has 0 aliphatic heterocycles. The Kier molecular flexibility index (Phi) is 3.55. The summed E-state index contributed by atoms with van der Waals surface area (Å²) in [5, 5.41) is 6.37. The van der Waals surface area contributed by atoms with Gasteiger partial charge in [-0.2, -0.15) is 0 Å². The Balaban J connectivity index is 2.05. The van der Waals surface area contributed by atoms with Crippen molar-refractivity contribution in [2.75, 3.05) is 17.7 Å². The van der Waals surface area contributed by atoms with Crippen molar-refractivity contribution in [2.45, 2.75) is 13.5 Å². The van der Waals surface area contributed by atoms with E-state index >= 15 is 0 Å². The van der Waals surface area contributed by atoms with E-state index in [1.54, 1.807) is 12.4 Å². The number of hydrogen-bond acceptors (Lipinski definition) is 4. The van der Waals surface area contributed by atoms with Gasteiger partial charge in [0.25, 0.3) is 0 Å². The van der Waals surface area contributed by atoms with Gasteiger partial charge in [0, 0.05) is 13.2 Å². The maximum absolute atomic E-state index is 4.34. The molecule has 0 radical (unpaired) electrons. The number of pyridine rings is 2. The van der Waals surface area contributed by atoms with Crippen molar-refractivity contribution in [2.24, 2.45) is 0 Å². The van der Waals surface area contributed by atoms with E-state index in [1.165, 1.54) is 5.56 Å². The lowest BCUT2D eigenvalue weighted by Crippen LogP contribution is -2.04. The normalized spacial score (nSPS) is 10.0. The highest BCUT2D eigenvalue weighted by atomic mass is 14.9. The first-order valence-electron chi connectivity index (χ1n) is 5.57. The molecule has 0 amide bonds. The van der Waals surface area contributed by atoms with E-state index in [2.05, 4.69) is 33.6 Å². The molecule has 0 atom stereocenters. The summed E-state index contributed by atoms with van der Waals surface area (Å²) < 4.78 is 0. The van der Waals surface area contributed by atoms with Gasteiger partial charge in [-0.15, -0.1) is 0 Å². The minimum Gasteiger partial charge on any atom is -0.387 e. The van der Waals surface area contributed by atoms with Crippen molar-refractivity contribution in [3.8, 4) is 0 Å². The van der Waals surface area contributed by atoms with Gasteiger partial charge in [0.05, 0.1) is 36.0 Å². The van der Waals surface area contributed by atoms with Crippen LogP contribution in [0.1, 0.15) is 11.3 Å². The second kappa shape index (κ2) is 5.30. The molecule has 0 saturated carbocycles. The van der Waals surface area contributed by atoms with Crippen LogP contribution < -0.4 is 10.6 Å². The SMILES string of the molecule is CNc1cncc(NCc2ncccc2C)c1. The quantitative estimate of drug-likeness (QED) is 0.844. The van der Waals surface area contributed by atoms with Crippen LogP contribution in [0, 0.1) is 6.92 Å². The topological polar surface area (TPSA) is 49.8 Å². The summed E-state index contributed by atoms with van der Waals surface area (Å²) in [4.78, 5) is 8.48. The van der Waals surface area contributed by atoms with Gasteiger partial charge < -0.3 is 10.6 Å². The van der Waals surface area contributed by atoms with Gasteiger partial charge in [-0.1, -0.05) is 6.07 Å². The number of anilines is 2. The van der Waals surface area contributed by atoms with Crippen LogP contribution in [0.25, 0.3) is 0 Å². The zero-order valence-corrected chi connectivity index (χ0v) is 10.1. The van der Waals surface area contributed by atoms with Crippen LogP contribution in [0.5, 0.6) is 0 Å². The third-order valence-electron chi connectivity index (χ3n) is 2.60. The molecule has 0 aromatic carbocycles. The van der Waals surface area contributed by atoms with E-state index in [1.807, 2.05) is 25.4 Å². The first-order chi connectivity index (χ1) is 8.29. The standard InChI is InChI=1S/C13H16N4/c1-10-4-3-5-16-13(10)9-17-12-6-11(14-2)7-15-8-12/h3-8,14,17H,9H2,1-2H3. The molecule has 0 aliphatic carbocycles. The molecule has 2 heterocycles. The average Bonchev–Trinajstić information content (AvgIpc) is 2.38. The Hall–Kier alpha value is -2.10. The molecule has 2 aromatic rings. The molecular weight excluding hydrogens is 212 g/mol. The summed E-state index contributed by atoms with van der Waals surface area (Å²) in [7, 11) is 1.88. The summed E-state index contributed by atoms with van der Waals surface area (Å²) >= 11 is 0. The molecule has 4 nitrogen and oxygen atoms in total. The van der Waals surface area contributed by atoms with Crippen LogP contribution >= 0.6 is 0 Å². The monoisotopic (exact) mass is 228 g/mol. The summed E-state index contributed by atoms with van der Waals surface area (Å²) in [6.45, 7) is 2.77. The summed E-state index contributed by atoms with van der Waals surface area (Å²) in [6.07, 6.45) is 5.41. The average molecular weight is 228 g/mol. The number of aromatic nitrogens is 2. The molecule has 0 aliphatic rings. The van der Waals surface area contributed by atoms with Gasteiger partial charge in [0.1, 0.15) is 0 Å². The molecule has 0 saturated heterocycles. The van der Waals surface area contributed by atoms with Crippen LogP contribution in [0.2, 0.25) is 0 Å². The number of nitrogens with zero attached hydrogens (tertiary/aromatic N) is 2. The van der Waals surface area contributed by atoms with Crippen molar-refractivity contribution < 1.29 is 0 Å². The lowest BCUT2D eigenvalue weighted by molar-refractivity contribution is 1.02. The fraction of sp³-hybridized carbons (Fsp3) is 0.231. The van der Waals surface area contributed by atoms with Gasteiger partial charge in [-0.05, 0) is 24.6 Å². The van der Waals surface area contributed by atoms with Crippen molar-refractivity contribution in [3.63, 3.8) is 0 Å². The first-order valence-corrected chi connectivity index (χ1v) is 5.57. The van der Waals surface area contributed by atoms with Crippen molar-refractivity contribution in [1.29, 1.82) is 0 Å². The van der Waals surface area contributed by atoms with Crippen LogP contribution in [-0.2, 0) is 6.54 Å². The molecule has 2 N–H and O–H groups in total. The number of aryl methyl sites for hydroxylation is 1. The molecule has 0 bridgehead atoms. The highest BCUT2D eigenvalue weighted by Crippen LogP contribution is 2.13. The van der Waals surface area contributed by atoms with E-state index in [9.17, 15) is 0 Å². The molecule has 0 spiro atoms. The zero-order valence-electron chi connectivity index (χ0n) is 10.1. The predicted octanol–water partition coefficient (Wildman–Crippen LogP) is 2.44. The lowest BCUT2D eigenvalue weighted by Gasteiger charge is -2.08. The summed E-state index contributed by atoms with van der Waals surface area (Å²) in [5.74, 6) is 0. The maximum atomic E-state index is 4.34. The third kappa shape index (κ3) is 2.93. The Morgan fingerprint density at radius 2 is 2.06 bits per heavy atom. The van der Waals surface area contributed by atoms with Gasteiger partial charge in [0.2, 0.25) is 0 Å². The molecule has 0 fully saturated rings. The van der Waals surface area contributed by atoms with Crippen molar-refractivity contribution in [3.05, 3.63) is 48.0 Å². The third-order valence-corrected chi connectivity index (χ3v) is 2.60. The van der Waals surface area contributed by atoms with Crippen molar-refractivity contribution >= 4 is 11.4 Å². The highest BCUT2D eigenvalue weighted by Gasteiger charge is 1.99. The smallest absolute Gasteiger partial charge is 0.0623 e. The molecule has 4 heteroatoms. The van der Waals surface area contributed by atoms with Gasteiger partial charge in [-0.3, -0.25) is 9.97 Å². The zero-order chi connectivity index (χ0) is 12.1. The Bertz CT molecular complexity index is 496. The second-order valence-electron chi connectivity index (χ2n) is 3.83. The fourth-order valence-electron chi connectivity index (χ4n) is 1.56. The molecule has 88 valence electrons. The Morgan fingerprint density at radius 1 is 1.24 bits per heavy atom. The van der Waals surface area contributed by atoms with Crippen LogP contribution in [0.15, 0.2) is 36.8 Å². The number of hydrogen-bond donors (Lipinski definition) is 2. The molecular formula is C13H16N4. The van der Waals surface area contributed by atoms with Crippen LogP contribution in [0.3, 0.4) is 0 Å². The molecule has 17 heavy (non-hydrogen) atoms. The molecule has 2 rings (SSSR count). The fourth-order valence-corrected chi connectivity index (χ4v) is 1.56. The van der Waals surface area contributed by atoms with E-state index in [0.717, 1.165) is 17.1 Å². The van der Waals surface area contributed by atoms with E-state index in [4.69, 9.17) is 0 Å². The van der Waals surface area contributed by atoms with E-state index < -0.39 is 0 Å². The number of nitrogens with one attached hydrogen (secondary N) is 2. The lowest BCUT2D eigenvalue weighted by atomic mass is 10.2. The largest absolute Gasteiger partial charge is 0.387 e. The second-order valence-corrected chi connectivity index (χ2v) is 3.83. The highest BCUT2D eigenvalue weighted by molar-refractivity contribution is 5.53. The van der Waals surface area contributed by atoms with Gasteiger partial charge in [-0.25, -0.2) is 0 Å². The van der Waals surface area contributed by atoms with Crippen molar-refractivity contribution in [1.82, 2.24) is 9.97 Å². The first kappa shape index (κ1) is 11.4. The minimum absolute atomic E-state index is 0.710. The van der Waals surface area contributed by atoms with Gasteiger partial charge >= 0.3 is 0 Å². The maximum Gasteiger partial charge on any atom is 0.0623 e. The van der Waals surface area contributed by atoms with Gasteiger partial charge in [0.15, 0.2) is 0 Å². The summed E-state index contributed by atoms with van der Waals surface area (Å²) in [6, 6.07) is 6.03. The van der Waals surface area contributed by atoms with Crippen LogP contribution in [-0.4, -0.2) is 17.0 Å². The summed E-state index contributed by atoms with van der Waals surface area (Å²) in [5.41, 5.74) is 4.23. The van der Waals surface area contributed by atoms with E-state index in [-0.39, 0.29) is 0 Å². The minimum atomic E-state index is 0.710. The molecule has 2 aromatic heterocycles. The molecule has 0 unspecified atom stereocenters. The Labute approximate surface area is 101 Å². The predicted molar refractivity (Wildman–Crippen MR) is 70.1 cm³/mol. The van der Waals surface area contributed by atoms with Crippen LogP contribution in [0.4, 0.5) is 11.4 Å². The number of rotatable bonds is 4. The van der Waals surface area contributed by atoms with E-state index in [0.29, 0.717) is 6.54 Å². The Morgan fingerprint density at radius 3 is 2.82 bits per heavy atom.